The molecule has 1 aromatic rings. The minimum atomic E-state index is -4.36. The first kappa shape index (κ1) is 22.5. The fourth-order valence-electron chi connectivity index (χ4n) is 2.86. The van der Waals surface area contributed by atoms with Crippen molar-refractivity contribution < 1.29 is 27.4 Å². The average molecular weight is 397 g/mol. The van der Waals surface area contributed by atoms with Gasteiger partial charge in [0, 0.05) is 13.7 Å². The predicted molar refractivity (Wildman–Crippen MR) is 93.5 cm³/mol. The number of carbonyl (C=O) groups is 1. The van der Waals surface area contributed by atoms with Crippen LogP contribution in [0.3, 0.4) is 0 Å². The summed E-state index contributed by atoms with van der Waals surface area (Å²) >= 11 is 0. The quantitative estimate of drug-likeness (QED) is 0.744. The van der Waals surface area contributed by atoms with Crippen molar-refractivity contribution in [3.63, 3.8) is 0 Å². The van der Waals surface area contributed by atoms with E-state index in [0.29, 0.717) is 26.0 Å². The number of rotatable bonds is 7. The maximum Gasteiger partial charge on any atom is 0.422 e. The Morgan fingerprint density at radius 2 is 1.85 bits per heavy atom. The van der Waals surface area contributed by atoms with Crippen LogP contribution in [0.15, 0.2) is 24.3 Å². The third-order valence-electron chi connectivity index (χ3n) is 4.24. The van der Waals surface area contributed by atoms with E-state index < -0.39 is 18.2 Å². The van der Waals surface area contributed by atoms with E-state index in [1.54, 1.807) is 19.2 Å². The van der Waals surface area contributed by atoms with Crippen molar-refractivity contribution in [3.8, 4) is 5.75 Å². The second-order valence-electron chi connectivity index (χ2n) is 6.19. The second-order valence-corrected chi connectivity index (χ2v) is 6.19. The molecule has 0 aliphatic carbocycles. The normalized spacial score (nSPS) is 16.5. The SMILES string of the molecule is COCC1(C(=O)NCc2ccc(OCC(F)(F)F)cc2)CCNCC1.Cl. The van der Waals surface area contributed by atoms with Gasteiger partial charge >= 0.3 is 6.18 Å². The van der Waals surface area contributed by atoms with Gasteiger partial charge in [0.1, 0.15) is 5.75 Å². The van der Waals surface area contributed by atoms with Crippen molar-refractivity contribution in [2.45, 2.75) is 25.6 Å². The van der Waals surface area contributed by atoms with Gasteiger partial charge in [-0.15, -0.1) is 12.4 Å². The number of hydrogen-bond donors (Lipinski definition) is 2. The molecule has 2 N–H and O–H groups in total. The minimum absolute atomic E-state index is 0. The second kappa shape index (κ2) is 9.99. The molecule has 1 saturated heterocycles. The molecule has 1 aliphatic heterocycles. The van der Waals surface area contributed by atoms with E-state index in [2.05, 4.69) is 15.4 Å². The van der Waals surface area contributed by atoms with Crippen LogP contribution >= 0.6 is 12.4 Å². The molecular formula is C17H24ClF3N2O3. The van der Waals surface area contributed by atoms with Crippen molar-refractivity contribution in [1.82, 2.24) is 10.6 Å². The topological polar surface area (TPSA) is 59.6 Å². The number of methoxy groups -OCH3 is 1. The summed E-state index contributed by atoms with van der Waals surface area (Å²) in [6.45, 7) is 0.878. The molecule has 26 heavy (non-hydrogen) atoms. The highest BCUT2D eigenvalue weighted by Gasteiger charge is 2.39. The standard InChI is InChI=1S/C17H23F3N2O3.ClH/c1-24-11-16(6-8-21-9-7-16)15(23)22-10-13-2-4-14(5-3-13)25-12-17(18,19)20;/h2-5,21H,6-12H2,1H3,(H,22,23);1H. The Kier molecular flexibility index (Phi) is 8.66. The molecular weight excluding hydrogens is 373 g/mol. The van der Waals surface area contributed by atoms with Crippen LogP contribution in [0.1, 0.15) is 18.4 Å². The van der Waals surface area contributed by atoms with E-state index in [1.807, 2.05) is 0 Å². The summed E-state index contributed by atoms with van der Waals surface area (Å²) in [4.78, 5) is 12.6. The first-order chi connectivity index (χ1) is 11.8. The molecule has 148 valence electrons. The Balaban J connectivity index is 0.00000338. The first-order valence-electron chi connectivity index (χ1n) is 8.11. The molecule has 0 radical (unpaired) electrons. The highest BCUT2D eigenvalue weighted by Crippen LogP contribution is 2.29. The average Bonchev–Trinajstić information content (AvgIpc) is 2.59. The van der Waals surface area contributed by atoms with Crippen molar-refractivity contribution in [1.29, 1.82) is 0 Å². The van der Waals surface area contributed by atoms with Crippen molar-refractivity contribution >= 4 is 18.3 Å². The molecule has 1 fully saturated rings. The zero-order valence-electron chi connectivity index (χ0n) is 14.5. The molecule has 0 aromatic heterocycles. The third-order valence-corrected chi connectivity index (χ3v) is 4.24. The van der Waals surface area contributed by atoms with Crippen molar-refractivity contribution in [2.75, 3.05) is 33.4 Å². The number of benzene rings is 1. The highest BCUT2D eigenvalue weighted by atomic mass is 35.5. The molecule has 1 amide bonds. The first-order valence-corrected chi connectivity index (χ1v) is 8.11. The summed E-state index contributed by atoms with van der Waals surface area (Å²) < 4.78 is 46.2. The van der Waals surface area contributed by atoms with Gasteiger partial charge in [-0.2, -0.15) is 13.2 Å². The minimum Gasteiger partial charge on any atom is -0.484 e. The van der Waals surface area contributed by atoms with Gasteiger partial charge in [-0.25, -0.2) is 0 Å². The van der Waals surface area contributed by atoms with Crippen LogP contribution in [0.4, 0.5) is 13.2 Å². The van der Waals surface area contributed by atoms with Gasteiger partial charge in [0.05, 0.1) is 12.0 Å². The summed E-state index contributed by atoms with van der Waals surface area (Å²) in [6.07, 6.45) is -2.95. The predicted octanol–water partition coefficient (Wildman–Crippen LogP) is 2.68. The summed E-state index contributed by atoms with van der Waals surface area (Å²) in [5.41, 5.74) is 0.254. The number of piperidine rings is 1. The highest BCUT2D eigenvalue weighted by molar-refractivity contribution is 5.85. The lowest BCUT2D eigenvalue weighted by Crippen LogP contribution is -2.49. The largest absolute Gasteiger partial charge is 0.484 e. The van der Waals surface area contributed by atoms with Crippen LogP contribution < -0.4 is 15.4 Å². The lowest BCUT2D eigenvalue weighted by atomic mass is 9.78. The van der Waals surface area contributed by atoms with Gasteiger partial charge < -0.3 is 20.1 Å². The van der Waals surface area contributed by atoms with Crippen LogP contribution in [0, 0.1) is 5.41 Å². The van der Waals surface area contributed by atoms with Crippen molar-refractivity contribution in [3.05, 3.63) is 29.8 Å². The zero-order chi connectivity index (χ0) is 18.3. The van der Waals surface area contributed by atoms with Crippen molar-refractivity contribution in [2.24, 2.45) is 5.41 Å². The van der Waals surface area contributed by atoms with E-state index >= 15 is 0 Å². The number of carbonyl (C=O) groups excluding carboxylic acids is 1. The lowest BCUT2D eigenvalue weighted by Gasteiger charge is -2.35. The molecule has 0 unspecified atom stereocenters. The van der Waals surface area contributed by atoms with Crippen LogP contribution in [-0.4, -0.2) is 45.5 Å². The molecule has 9 heteroatoms. The third kappa shape index (κ3) is 6.66. The number of ether oxygens (including phenoxy) is 2. The molecule has 5 nitrogen and oxygen atoms in total. The van der Waals surface area contributed by atoms with Gasteiger partial charge in [0.2, 0.25) is 5.91 Å². The fraction of sp³-hybridized carbons (Fsp3) is 0.588. The molecule has 1 aromatic carbocycles. The molecule has 0 spiro atoms. The maximum absolute atomic E-state index is 12.6. The van der Waals surface area contributed by atoms with Gasteiger partial charge in [0.15, 0.2) is 6.61 Å². The fourth-order valence-corrected chi connectivity index (χ4v) is 2.86. The number of nitrogens with one attached hydrogen (secondary N) is 2. The van der Waals surface area contributed by atoms with E-state index in [9.17, 15) is 18.0 Å². The van der Waals surface area contributed by atoms with Crippen LogP contribution in [0.25, 0.3) is 0 Å². The van der Waals surface area contributed by atoms with Crippen LogP contribution in [0.5, 0.6) is 5.75 Å². The summed E-state index contributed by atoms with van der Waals surface area (Å²) in [5, 5.41) is 6.13. The summed E-state index contributed by atoms with van der Waals surface area (Å²) in [7, 11) is 1.58. The molecule has 2 rings (SSSR count). The lowest BCUT2D eigenvalue weighted by molar-refractivity contribution is -0.153. The monoisotopic (exact) mass is 396 g/mol. The van der Waals surface area contributed by atoms with E-state index in [4.69, 9.17) is 4.74 Å². The van der Waals surface area contributed by atoms with Gasteiger partial charge in [-0.3, -0.25) is 4.79 Å². The molecule has 0 saturated carbocycles. The molecule has 1 heterocycles. The van der Waals surface area contributed by atoms with E-state index in [0.717, 1.165) is 18.7 Å². The molecule has 0 atom stereocenters. The Morgan fingerprint density at radius 3 is 2.38 bits per heavy atom. The van der Waals surface area contributed by atoms with Gasteiger partial charge in [0.25, 0.3) is 0 Å². The van der Waals surface area contributed by atoms with E-state index in [1.165, 1.54) is 12.1 Å². The Labute approximate surface area is 157 Å². The molecule has 0 bridgehead atoms. The van der Waals surface area contributed by atoms with Gasteiger partial charge in [-0.05, 0) is 43.6 Å². The van der Waals surface area contributed by atoms with Crippen LogP contribution in [-0.2, 0) is 16.1 Å². The number of hydrogen-bond acceptors (Lipinski definition) is 4. The van der Waals surface area contributed by atoms with E-state index in [-0.39, 0.29) is 24.1 Å². The summed E-state index contributed by atoms with van der Waals surface area (Å²) in [5.74, 6) is 0.0786. The zero-order valence-corrected chi connectivity index (χ0v) is 15.3. The Morgan fingerprint density at radius 1 is 1.23 bits per heavy atom. The number of alkyl halides is 3. The Bertz CT molecular complexity index is 556. The maximum atomic E-state index is 12.6. The number of halogens is 4. The summed E-state index contributed by atoms with van der Waals surface area (Å²) in [6, 6.07) is 6.19. The smallest absolute Gasteiger partial charge is 0.422 e. The van der Waals surface area contributed by atoms with Gasteiger partial charge in [-0.1, -0.05) is 12.1 Å². The number of amides is 1. The van der Waals surface area contributed by atoms with Crippen LogP contribution in [0.2, 0.25) is 0 Å². The Hall–Kier alpha value is -1.51. The molecule has 1 aliphatic rings.